The molecule has 1 N–H and O–H groups in total. The lowest BCUT2D eigenvalue weighted by atomic mass is 10.0. The van der Waals surface area contributed by atoms with Crippen LogP contribution in [0, 0.1) is 0 Å². The third-order valence-corrected chi connectivity index (χ3v) is 5.57. The molecule has 0 spiro atoms. The summed E-state index contributed by atoms with van der Waals surface area (Å²) in [5.74, 6) is 1.44. The van der Waals surface area contributed by atoms with Crippen molar-refractivity contribution in [2.24, 2.45) is 0 Å². The molecule has 1 aromatic carbocycles. The van der Waals surface area contributed by atoms with E-state index in [0.717, 1.165) is 38.2 Å². The van der Waals surface area contributed by atoms with Crippen LogP contribution in [0.1, 0.15) is 18.4 Å². The monoisotopic (exact) mass is 396 g/mol. The van der Waals surface area contributed by atoms with Crippen LogP contribution in [0.3, 0.4) is 0 Å². The van der Waals surface area contributed by atoms with Crippen molar-refractivity contribution in [2.45, 2.75) is 31.5 Å². The van der Waals surface area contributed by atoms with Crippen molar-refractivity contribution in [1.29, 1.82) is 0 Å². The number of likely N-dealkylation sites (tertiary alicyclic amines) is 2. The van der Waals surface area contributed by atoms with E-state index < -0.39 is 0 Å². The first-order valence-electron chi connectivity index (χ1n) is 10.2. The Morgan fingerprint density at radius 1 is 1.10 bits per heavy atom. The predicted molar refractivity (Wildman–Crippen MR) is 110 cm³/mol. The molecule has 2 fully saturated rings. The summed E-state index contributed by atoms with van der Waals surface area (Å²) in [6.45, 7) is 4.13. The number of hydrogen-bond donors (Lipinski definition) is 1. The van der Waals surface area contributed by atoms with Gasteiger partial charge in [0, 0.05) is 38.1 Å². The molecule has 2 aliphatic heterocycles. The van der Waals surface area contributed by atoms with Crippen molar-refractivity contribution in [1.82, 2.24) is 20.1 Å². The van der Waals surface area contributed by atoms with Gasteiger partial charge < -0.3 is 19.7 Å². The minimum absolute atomic E-state index is 0.0115. The summed E-state index contributed by atoms with van der Waals surface area (Å²) in [6.07, 6.45) is 5.64. The van der Waals surface area contributed by atoms with Crippen LogP contribution in [0.4, 0.5) is 4.79 Å². The second-order valence-electron chi connectivity index (χ2n) is 7.65. The van der Waals surface area contributed by atoms with Crippen LogP contribution in [0.25, 0.3) is 0 Å². The first kappa shape index (κ1) is 19.5. The summed E-state index contributed by atoms with van der Waals surface area (Å²) in [6, 6.07) is 12.0. The Kier molecular flexibility index (Phi) is 6.14. The van der Waals surface area contributed by atoms with Crippen molar-refractivity contribution in [2.75, 3.05) is 33.3 Å². The lowest BCUT2D eigenvalue weighted by molar-refractivity contribution is 0.0406. The molecule has 2 aromatic rings. The van der Waals surface area contributed by atoms with Gasteiger partial charge in [0.15, 0.2) is 11.5 Å². The molecule has 29 heavy (non-hydrogen) atoms. The Balaban J connectivity index is 1.17. The van der Waals surface area contributed by atoms with Gasteiger partial charge in [-0.2, -0.15) is 0 Å². The number of amides is 2. The van der Waals surface area contributed by atoms with Crippen LogP contribution in [0.5, 0.6) is 11.5 Å². The smallest absolute Gasteiger partial charge is 0.317 e. The van der Waals surface area contributed by atoms with E-state index in [9.17, 15) is 4.79 Å². The maximum absolute atomic E-state index is 12.5. The van der Waals surface area contributed by atoms with Gasteiger partial charge in [0.1, 0.15) is 6.10 Å². The fourth-order valence-electron chi connectivity index (χ4n) is 3.82. The Hall–Kier alpha value is -2.80. The zero-order valence-electron chi connectivity index (χ0n) is 16.8. The number of urea groups is 1. The van der Waals surface area contributed by atoms with Crippen LogP contribution >= 0.6 is 0 Å². The molecule has 3 heterocycles. The highest BCUT2D eigenvalue weighted by atomic mass is 16.5. The van der Waals surface area contributed by atoms with Crippen molar-refractivity contribution in [3.63, 3.8) is 0 Å². The number of nitrogens with zero attached hydrogens (tertiary/aromatic N) is 3. The summed E-state index contributed by atoms with van der Waals surface area (Å²) in [4.78, 5) is 20.8. The molecule has 7 nitrogen and oxygen atoms in total. The Labute approximate surface area is 171 Å². The predicted octanol–water partition coefficient (Wildman–Crippen LogP) is 2.53. The number of nitrogens with one attached hydrogen (secondary N) is 1. The van der Waals surface area contributed by atoms with Gasteiger partial charge in [0.25, 0.3) is 0 Å². The second-order valence-corrected chi connectivity index (χ2v) is 7.65. The molecule has 0 atom stereocenters. The van der Waals surface area contributed by atoms with Gasteiger partial charge in [-0.15, -0.1) is 0 Å². The highest BCUT2D eigenvalue weighted by Gasteiger charge is 2.34. The summed E-state index contributed by atoms with van der Waals surface area (Å²) >= 11 is 0. The van der Waals surface area contributed by atoms with Crippen LogP contribution < -0.4 is 14.8 Å². The normalized spacial score (nSPS) is 18.2. The first-order chi connectivity index (χ1) is 14.2. The number of pyridine rings is 1. The fraction of sp³-hybridized carbons (Fsp3) is 0.455. The summed E-state index contributed by atoms with van der Waals surface area (Å²) in [7, 11) is 1.63. The highest BCUT2D eigenvalue weighted by molar-refractivity contribution is 5.75. The SMILES string of the molecule is COc1ccccc1OC1CN(C(=O)NC2CCN(Cc3ccncc3)CC2)C1. The minimum atomic E-state index is 0.0115. The number of benzene rings is 1. The van der Waals surface area contributed by atoms with Gasteiger partial charge in [-0.05, 0) is 42.7 Å². The lowest BCUT2D eigenvalue weighted by Crippen LogP contribution is -2.60. The molecule has 0 bridgehead atoms. The van der Waals surface area contributed by atoms with E-state index in [0.29, 0.717) is 18.8 Å². The largest absolute Gasteiger partial charge is 0.493 e. The third-order valence-electron chi connectivity index (χ3n) is 5.57. The van der Waals surface area contributed by atoms with E-state index in [-0.39, 0.29) is 18.2 Å². The number of methoxy groups -OCH3 is 1. The summed E-state index contributed by atoms with van der Waals surface area (Å²) in [5, 5.41) is 3.18. The van der Waals surface area contributed by atoms with E-state index in [4.69, 9.17) is 9.47 Å². The minimum Gasteiger partial charge on any atom is -0.493 e. The van der Waals surface area contributed by atoms with Crippen LogP contribution in [-0.4, -0.2) is 66.2 Å². The van der Waals surface area contributed by atoms with E-state index >= 15 is 0 Å². The number of carbonyl (C=O) groups is 1. The molecule has 7 heteroatoms. The second kappa shape index (κ2) is 9.13. The van der Waals surface area contributed by atoms with Gasteiger partial charge >= 0.3 is 6.03 Å². The van der Waals surface area contributed by atoms with Crippen molar-refractivity contribution in [3.8, 4) is 11.5 Å². The quantitative estimate of drug-likeness (QED) is 0.813. The number of aromatic nitrogens is 1. The van der Waals surface area contributed by atoms with Crippen LogP contribution in [-0.2, 0) is 6.54 Å². The van der Waals surface area contributed by atoms with Crippen molar-refractivity contribution < 1.29 is 14.3 Å². The third kappa shape index (κ3) is 4.98. The molecule has 0 aliphatic carbocycles. The zero-order chi connectivity index (χ0) is 20.1. The van der Waals surface area contributed by atoms with Gasteiger partial charge in [0.05, 0.1) is 20.2 Å². The number of piperidine rings is 1. The first-order valence-corrected chi connectivity index (χ1v) is 10.2. The molecule has 0 saturated carbocycles. The molecule has 4 rings (SSSR count). The van der Waals surface area contributed by atoms with Crippen molar-refractivity contribution in [3.05, 3.63) is 54.4 Å². The topological polar surface area (TPSA) is 66.9 Å². The maximum Gasteiger partial charge on any atom is 0.317 e. The molecule has 2 aliphatic rings. The molecular weight excluding hydrogens is 368 g/mol. The molecule has 154 valence electrons. The number of ether oxygens (including phenoxy) is 2. The number of rotatable bonds is 6. The van der Waals surface area contributed by atoms with Gasteiger partial charge in [-0.3, -0.25) is 9.88 Å². The molecule has 0 radical (unpaired) electrons. The van der Waals surface area contributed by atoms with Crippen LogP contribution in [0.15, 0.2) is 48.8 Å². The number of carbonyl (C=O) groups excluding carboxylic acids is 1. The highest BCUT2D eigenvalue weighted by Crippen LogP contribution is 2.28. The van der Waals surface area contributed by atoms with E-state index in [1.807, 2.05) is 41.6 Å². The van der Waals surface area contributed by atoms with Gasteiger partial charge in [0.2, 0.25) is 0 Å². The Morgan fingerprint density at radius 2 is 1.79 bits per heavy atom. The fourth-order valence-corrected chi connectivity index (χ4v) is 3.82. The van der Waals surface area contributed by atoms with E-state index in [2.05, 4.69) is 27.3 Å². The number of hydrogen-bond acceptors (Lipinski definition) is 5. The summed E-state index contributed by atoms with van der Waals surface area (Å²) < 4.78 is 11.3. The Morgan fingerprint density at radius 3 is 2.48 bits per heavy atom. The standard InChI is InChI=1S/C22H28N4O3/c1-28-20-4-2-3-5-21(20)29-19-15-26(16-19)22(27)24-18-8-12-25(13-9-18)14-17-6-10-23-11-7-17/h2-7,10-11,18-19H,8-9,12-16H2,1H3,(H,24,27). The molecule has 2 saturated heterocycles. The van der Waals surface area contributed by atoms with E-state index in [1.54, 1.807) is 7.11 Å². The number of para-hydroxylation sites is 2. The molecule has 2 amide bonds. The summed E-state index contributed by atoms with van der Waals surface area (Å²) in [5.41, 5.74) is 1.28. The van der Waals surface area contributed by atoms with E-state index in [1.165, 1.54) is 5.56 Å². The van der Waals surface area contributed by atoms with Crippen molar-refractivity contribution >= 4 is 6.03 Å². The van der Waals surface area contributed by atoms with Crippen LogP contribution in [0.2, 0.25) is 0 Å². The molecule has 1 aromatic heterocycles. The molecular formula is C22H28N4O3. The zero-order valence-corrected chi connectivity index (χ0v) is 16.8. The average Bonchev–Trinajstić information content (AvgIpc) is 2.72. The lowest BCUT2D eigenvalue weighted by Gasteiger charge is -2.40. The molecule has 0 unspecified atom stereocenters. The Bertz CT molecular complexity index is 803. The average molecular weight is 396 g/mol. The van der Waals surface area contributed by atoms with Gasteiger partial charge in [-0.1, -0.05) is 12.1 Å². The maximum atomic E-state index is 12.5. The van der Waals surface area contributed by atoms with Gasteiger partial charge in [-0.25, -0.2) is 4.79 Å².